The van der Waals surface area contributed by atoms with Crippen molar-refractivity contribution in [2.24, 2.45) is 5.41 Å². The van der Waals surface area contributed by atoms with Gasteiger partial charge in [0, 0.05) is 25.5 Å². The number of aryl methyl sites for hydroxylation is 1. The summed E-state index contributed by atoms with van der Waals surface area (Å²) in [6, 6.07) is 8.62. The molecule has 4 nitrogen and oxygen atoms in total. The number of hydrogen-bond acceptors (Lipinski definition) is 3. The third-order valence-electron chi connectivity index (χ3n) is 5.22. The number of amides is 1. The standard InChI is InChI=1S/C20H32N2O2/c1-4-17-5-7-18(8-6-17)16(2)13-19(23)22-14-20(15-24-3)9-11-21-12-10-20/h5-8,16,21H,4,9-15H2,1-3H3,(H,22,23). The summed E-state index contributed by atoms with van der Waals surface area (Å²) in [7, 11) is 1.74. The molecule has 0 radical (unpaired) electrons. The van der Waals surface area contributed by atoms with Crippen molar-refractivity contribution >= 4 is 5.91 Å². The average molecular weight is 332 g/mol. The van der Waals surface area contributed by atoms with Gasteiger partial charge in [-0.3, -0.25) is 4.79 Å². The average Bonchev–Trinajstić information content (AvgIpc) is 2.61. The first-order chi connectivity index (χ1) is 11.6. The number of hydrogen-bond donors (Lipinski definition) is 2. The van der Waals surface area contributed by atoms with Gasteiger partial charge in [0.05, 0.1) is 6.61 Å². The first-order valence-corrected chi connectivity index (χ1v) is 9.14. The van der Waals surface area contributed by atoms with Crippen LogP contribution in [0.3, 0.4) is 0 Å². The molecule has 2 N–H and O–H groups in total. The lowest BCUT2D eigenvalue weighted by Gasteiger charge is -2.37. The molecule has 0 spiro atoms. The molecule has 1 aliphatic rings. The maximum absolute atomic E-state index is 12.4. The second kappa shape index (κ2) is 9.19. The topological polar surface area (TPSA) is 50.4 Å². The summed E-state index contributed by atoms with van der Waals surface area (Å²) in [6.45, 7) is 7.70. The van der Waals surface area contributed by atoms with Crippen molar-refractivity contribution < 1.29 is 9.53 Å². The molecule has 0 bridgehead atoms. The molecule has 2 rings (SSSR count). The van der Waals surface area contributed by atoms with E-state index < -0.39 is 0 Å². The van der Waals surface area contributed by atoms with Gasteiger partial charge in [-0.05, 0) is 49.4 Å². The predicted molar refractivity (Wildman–Crippen MR) is 98.3 cm³/mol. The van der Waals surface area contributed by atoms with Crippen LogP contribution in [0.4, 0.5) is 0 Å². The Hall–Kier alpha value is -1.39. The van der Waals surface area contributed by atoms with Gasteiger partial charge >= 0.3 is 0 Å². The highest BCUT2D eigenvalue weighted by molar-refractivity contribution is 5.76. The Labute approximate surface area is 146 Å². The zero-order chi connectivity index (χ0) is 17.4. The largest absolute Gasteiger partial charge is 0.384 e. The van der Waals surface area contributed by atoms with E-state index in [0.717, 1.165) is 32.4 Å². The molecule has 4 heteroatoms. The lowest BCUT2D eigenvalue weighted by atomic mass is 9.79. The molecule has 1 unspecified atom stereocenters. The van der Waals surface area contributed by atoms with Crippen molar-refractivity contribution in [2.75, 3.05) is 33.4 Å². The zero-order valence-corrected chi connectivity index (χ0v) is 15.4. The summed E-state index contributed by atoms with van der Waals surface area (Å²) in [5.41, 5.74) is 2.65. The Morgan fingerprint density at radius 3 is 2.54 bits per heavy atom. The number of carbonyl (C=O) groups excluding carboxylic acids is 1. The Bertz CT molecular complexity index is 501. The van der Waals surface area contributed by atoms with Crippen LogP contribution in [-0.4, -0.2) is 39.3 Å². The molecule has 1 aliphatic heterocycles. The fourth-order valence-corrected chi connectivity index (χ4v) is 3.47. The van der Waals surface area contributed by atoms with Crippen LogP contribution in [-0.2, 0) is 16.0 Å². The van der Waals surface area contributed by atoms with Crippen molar-refractivity contribution in [3.63, 3.8) is 0 Å². The van der Waals surface area contributed by atoms with Gasteiger partial charge in [-0.15, -0.1) is 0 Å². The van der Waals surface area contributed by atoms with E-state index in [1.807, 2.05) is 0 Å². The van der Waals surface area contributed by atoms with Crippen molar-refractivity contribution in [2.45, 2.75) is 45.4 Å². The molecule has 1 heterocycles. The Kier molecular flexibility index (Phi) is 7.25. The Morgan fingerprint density at radius 2 is 1.96 bits per heavy atom. The zero-order valence-electron chi connectivity index (χ0n) is 15.4. The van der Waals surface area contributed by atoms with Gasteiger partial charge in [-0.2, -0.15) is 0 Å². The summed E-state index contributed by atoms with van der Waals surface area (Å²) >= 11 is 0. The number of rotatable bonds is 8. The summed E-state index contributed by atoms with van der Waals surface area (Å²) < 4.78 is 5.41. The maximum atomic E-state index is 12.4. The van der Waals surface area contributed by atoms with Crippen LogP contribution in [0.1, 0.15) is 50.2 Å². The van der Waals surface area contributed by atoms with Crippen molar-refractivity contribution in [1.82, 2.24) is 10.6 Å². The van der Waals surface area contributed by atoms with E-state index in [9.17, 15) is 4.79 Å². The van der Waals surface area contributed by atoms with Crippen molar-refractivity contribution in [1.29, 1.82) is 0 Å². The number of methoxy groups -OCH3 is 1. The third-order valence-corrected chi connectivity index (χ3v) is 5.22. The number of nitrogens with one attached hydrogen (secondary N) is 2. The Morgan fingerprint density at radius 1 is 1.29 bits per heavy atom. The monoisotopic (exact) mass is 332 g/mol. The SMILES string of the molecule is CCc1ccc(C(C)CC(=O)NCC2(COC)CCNCC2)cc1. The molecule has 134 valence electrons. The molecule has 1 amide bonds. The summed E-state index contributed by atoms with van der Waals surface area (Å²) in [4.78, 5) is 12.4. The lowest BCUT2D eigenvalue weighted by Crippen LogP contribution is -2.47. The fourth-order valence-electron chi connectivity index (χ4n) is 3.47. The van der Waals surface area contributed by atoms with Crippen LogP contribution in [0, 0.1) is 5.41 Å². The molecular formula is C20H32N2O2. The summed E-state index contributed by atoms with van der Waals surface area (Å²) in [5, 5.41) is 6.53. The van der Waals surface area contributed by atoms with Crippen molar-refractivity contribution in [3.05, 3.63) is 35.4 Å². The van der Waals surface area contributed by atoms with E-state index in [1.165, 1.54) is 11.1 Å². The van der Waals surface area contributed by atoms with E-state index in [0.29, 0.717) is 19.6 Å². The molecule has 1 aromatic carbocycles. The van der Waals surface area contributed by atoms with E-state index in [4.69, 9.17) is 4.74 Å². The summed E-state index contributed by atoms with van der Waals surface area (Å²) in [5.74, 6) is 0.374. The maximum Gasteiger partial charge on any atom is 0.220 e. The normalized spacial score (nSPS) is 18.1. The molecule has 0 aromatic heterocycles. The minimum Gasteiger partial charge on any atom is -0.384 e. The van der Waals surface area contributed by atoms with Gasteiger partial charge in [0.15, 0.2) is 0 Å². The molecule has 0 aliphatic carbocycles. The van der Waals surface area contributed by atoms with E-state index >= 15 is 0 Å². The van der Waals surface area contributed by atoms with Crippen LogP contribution < -0.4 is 10.6 Å². The quantitative estimate of drug-likeness (QED) is 0.770. The lowest BCUT2D eigenvalue weighted by molar-refractivity contribution is -0.122. The van der Waals surface area contributed by atoms with Crippen LogP contribution in [0.5, 0.6) is 0 Å². The van der Waals surface area contributed by atoms with Gasteiger partial charge in [0.2, 0.25) is 5.91 Å². The van der Waals surface area contributed by atoms with Crippen LogP contribution in [0.15, 0.2) is 24.3 Å². The first kappa shape index (κ1) is 18.9. The first-order valence-electron chi connectivity index (χ1n) is 9.14. The highest BCUT2D eigenvalue weighted by Crippen LogP contribution is 2.28. The molecule has 1 atom stereocenters. The second-order valence-electron chi connectivity index (χ2n) is 7.16. The molecule has 1 fully saturated rings. The Balaban J connectivity index is 1.84. The predicted octanol–water partition coefficient (Wildman–Crippen LogP) is 2.88. The third kappa shape index (κ3) is 5.32. The minimum absolute atomic E-state index is 0.0850. The smallest absolute Gasteiger partial charge is 0.220 e. The van der Waals surface area contributed by atoms with E-state index in [2.05, 4.69) is 48.7 Å². The number of piperidine rings is 1. The molecule has 24 heavy (non-hydrogen) atoms. The number of carbonyl (C=O) groups is 1. The highest BCUT2D eigenvalue weighted by atomic mass is 16.5. The second-order valence-corrected chi connectivity index (χ2v) is 7.16. The molecular weight excluding hydrogens is 300 g/mol. The number of benzene rings is 1. The summed E-state index contributed by atoms with van der Waals surface area (Å²) in [6.07, 6.45) is 3.68. The molecule has 1 saturated heterocycles. The van der Waals surface area contributed by atoms with Gasteiger partial charge in [-0.25, -0.2) is 0 Å². The highest BCUT2D eigenvalue weighted by Gasteiger charge is 2.32. The fraction of sp³-hybridized carbons (Fsp3) is 0.650. The van der Waals surface area contributed by atoms with Crippen LogP contribution in [0.25, 0.3) is 0 Å². The van der Waals surface area contributed by atoms with Gasteiger partial charge in [-0.1, -0.05) is 38.1 Å². The van der Waals surface area contributed by atoms with Gasteiger partial charge < -0.3 is 15.4 Å². The number of ether oxygens (including phenoxy) is 1. The van der Waals surface area contributed by atoms with Crippen LogP contribution in [0.2, 0.25) is 0 Å². The van der Waals surface area contributed by atoms with Crippen LogP contribution >= 0.6 is 0 Å². The van der Waals surface area contributed by atoms with E-state index in [-0.39, 0.29) is 17.2 Å². The van der Waals surface area contributed by atoms with Gasteiger partial charge in [0.25, 0.3) is 0 Å². The molecule has 1 aromatic rings. The van der Waals surface area contributed by atoms with E-state index in [1.54, 1.807) is 7.11 Å². The minimum atomic E-state index is 0.0850. The van der Waals surface area contributed by atoms with Crippen molar-refractivity contribution in [3.8, 4) is 0 Å². The van der Waals surface area contributed by atoms with Gasteiger partial charge in [0.1, 0.15) is 0 Å². The molecule has 0 saturated carbocycles.